The molecule has 0 heterocycles. The molecule has 0 atom stereocenters. The lowest BCUT2D eigenvalue weighted by Crippen LogP contribution is -1.99. The van der Waals surface area contributed by atoms with Crippen LogP contribution in [-0.2, 0) is 6.61 Å². The van der Waals surface area contributed by atoms with Gasteiger partial charge in [-0.2, -0.15) is 10.5 Å². The van der Waals surface area contributed by atoms with Crippen LogP contribution in [0.5, 0.6) is 5.75 Å². The number of nitriles is 2. The molecule has 4 aromatic carbocycles. The van der Waals surface area contributed by atoms with Gasteiger partial charge in [-0.3, -0.25) is 0 Å². The van der Waals surface area contributed by atoms with Crippen LogP contribution in [0.1, 0.15) is 22.3 Å². The Hall–Kier alpha value is -3.57. The monoisotopic (exact) mass is 498 g/mol. The van der Waals surface area contributed by atoms with Crippen LogP contribution in [0.3, 0.4) is 0 Å². The first kappa shape index (κ1) is 21.7. The van der Waals surface area contributed by atoms with Crippen molar-refractivity contribution in [2.45, 2.75) is 6.61 Å². The third-order valence-electron chi connectivity index (χ3n) is 5.02. The van der Waals surface area contributed by atoms with Crippen LogP contribution in [0.25, 0.3) is 22.4 Å². The number of benzene rings is 4. The molecule has 0 aliphatic heterocycles. The summed E-state index contributed by atoms with van der Waals surface area (Å²) in [5, 5.41) is 21.6. The maximum atomic E-state index is 9.75. The predicted octanol–water partition coefficient (Wildman–Crippen LogP) is 7.77. The molecule has 0 aliphatic rings. The van der Waals surface area contributed by atoms with Crippen LogP contribution in [-0.4, -0.2) is 0 Å². The zero-order chi connectivity index (χ0) is 22.5. The normalized spacial score (nSPS) is 11.1. The quantitative estimate of drug-likeness (QED) is 0.208. The molecule has 0 N–H and O–H groups in total. The van der Waals surface area contributed by atoms with E-state index in [2.05, 4.69) is 28.1 Å². The lowest BCUT2D eigenvalue weighted by Gasteiger charge is -2.12. The molecule has 5 heteroatoms. The summed E-state index contributed by atoms with van der Waals surface area (Å²) in [6, 6.07) is 29.3. The standard InChI is InChI=1S/C27H16BrClN2O/c28-25-12-18(11-24(16-31)21-10-9-19-5-1-2-6-20(19)14-21)13-26(29)27(25)32-17-23-8-4-3-7-22(23)15-30/h1-14H,17H2/b24-11-. The van der Waals surface area contributed by atoms with E-state index in [-0.39, 0.29) is 6.61 Å². The van der Waals surface area contributed by atoms with E-state index in [1.807, 2.05) is 66.7 Å². The summed E-state index contributed by atoms with van der Waals surface area (Å²) in [5.74, 6) is 0.487. The number of allylic oxidation sites excluding steroid dienone is 1. The van der Waals surface area contributed by atoms with E-state index in [1.54, 1.807) is 18.2 Å². The first-order valence-electron chi connectivity index (χ1n) is 9.80. The fourth-order valence-electron chi connectivity index (χ4n) is 3.41. The van der Waals surface area contributed by atoms with Crippen LogP contribution in [0.15, 0.2) is 83.3 Å². The largest absolute Gasteiger partial charge is 0.486 e. The molecule has 0 fully saturated rings. The minimum atomic E-state index is 0.220. The second kappa shape index (κ2) is 9.71. The SMILES string of the molecule is N#C/C(=C/c1cc(Cl)c(OCc2ccccc2C#N)c(Br)c1)c1ccc2ccccc2c1. The van der Waals surface area contributed by atoms with Gasteiger partial charge in [-0.1, -0.05) is 66.2 Å². The number of nitrogens with zero attached hydrogens (tertiary/aromatic N) is 2. The Morgan fingerprint density at radius 2 is 1.69 bits per heavy atom. The molecule has 4 aromatic rings. The van der Waals surface area contributed by atoms with Gasteiger partial charge in [0, 0.05) is 5.56 Å². The maximum Gasteiger partial charge on any atom is 0.152 e. The average Bonchev–Trinajstić information content (AvgIpc) is 2.82. The van der Waals surface area contributed by atoms with Crippen molar-refractivity contribution < 1.29 is 4.74 Å². The van der Waals surface area contributed by atoms with Gasteiger partial charge in [0.2, 0.25) is 0 Å². The van der Waals surface area contributed by atoms with E-state index in [0.29, 0.717) is 26.4 Å². The minimum absolute atomic E-state index is 0.220. The summed E-state index contributed by atoms with van der Waals surface area (Å²) in [5.41, 5.74) is 3.50. The van der Waals surface area contributed by atoms with Crippen molar-refractivity contribution in [3.8, 4) is 17.9 Å². The van der Waals surface area contributed by atoms with Crippen LogP contribution in [0.4, 0.5) is 0 Å². The Morgan fingerprint density at radius 3 is 2.44 bits per heavy atom. The number of halogens is 2. The van der Waals surface area contributed by atoms with Gasteiger partial charge in [-0.05, 0) is 68.2 Å². The topological polar surface area (TPSA) is 56.8 Å². The number of fused-ring (bicyclic) bond motifs is 1. The van der Waals surface area contributed by atoms with E-state index in [1.165, 1.54) is 0 Å². The molecule has 0 saturated carbocycles. The van der Waals surface area contributed by atoms with Crippen molar-refractivity contribution in [3.05, 3.63) is 111 Å². The number of rotatable bonds is 5. The Morgan fingerprint density at radius 1 is 0.938 bits per heavy atom. The molecule has 0 aromatic heterocycles. The number of hydrogen-bond donors (Lipinski definition) is 0. The van der Waals surface area contributed by atoms with Gasteiger partial charge < -0.3 is 4.74 Å². The first-order chi connectivity index (χ1) is 15.6. The molecule has 154 valence electrons. The highest BCUT2D eigenvalue weighted by molar-refractivity contribution is 9.10. The molecule has 0 unspecified atom stereocenters. The van der Waals surface area contributed by atoms with E-state index in [9.17, 15) is 10.5 Å². The lowest BCUT2D eigenvalue weighted by atomic mass is 10.00. The summed E-state index contributed by atoms with van der Waals surface area (Å²) < 4.78 is 6.57. The number of hydrogen-bond acceptors (Lipinski definition) is 3. The third kappa shape index (κ3) is 4.68. The van der Waals surface area contributed by atoms with Crippen LogP contribution >= 0.6 is 27.5 Å². The van der Waals surface area contributed by atoms with Gasteiger partial charge in [0.15, 0.2) is 5.75 Å². The van der Waals surface area contributed by atoms with Gasteiger partial charge in [0.1, 0.15) is 6.61 Å². The summed E-state index contributed by atoms with van der Waals surface area (Å²) >= 11 is 10.0. The van der Waals surface area contributed by atoms with Gasteiger partial charge >= 0.3 is 0 Å². The summed E-state index contributed by atoms with van der Waals surface area (Å²) in [6.07, 6.45) is 1.80. The van der Waals surface area contributed by atoms with Crippen molar-refractivity contribution in [3.63, 3.8) is 0 Å². The fraction of sp³-hybridized carbons (Fsp3) is 0.0370. The van der Waals surface area contributed by atoms with Crippen molar-refractivity contribution in [2.75, 3.05) is 0 Å². The fourth-order valence-corrected chi connectivity index (χ4v) is 4.40. The molecule has 0 aliphatic carbocycles. The highest BCUT2D eigenvalue weighted by Gasteiger charge is 2.12. The summed E-state index contributed by atoms with van der Waals surface area (Å²) in [6.45, 7) is 0.220. The summed E-state index contributed by atoms with van der Waals surface area (Å²) in [4.78, 5) is 0. The maximum absolute atomic E-state index is 9.75. The zero-order valence-corrected chi connectivity index (χ0v) is 19.2. The van der Waals surface area contributed by atoms with Crippen LogP contribution < -0.4 is 4.74 Å². The minimum Gasteiger partial charge on any atom is -0.486 e. The molecule has 3 nitrogen and oxygen atoms in total. The highest BCUT2D eigenvalue weighted by atomic mass is 79.9. The molecule has 0 amide bonds. The second-order valence-corrected chi connectivity index (χ2v) is 8.36. The van der Waals surface area contributed by atoms with Crippen LogP contribution in [0.2, 0.25) is 5.02 Å². The molecule has 0 bridgehead atoms. The zero-order valence-electron chi connectivity index (χ0n) is 16.8. The molecular formula is C27H16BrClN2O. The van der Waals surface area contributed by atoms with Crippen LogP contribution in [0, 0.1) is 22.7 Å². The van der Waals surface area contributed by atoms with Gasteiger partial charge in [0.05, 0.1) is 32.8 Å². The van der Waals surface area contributed by atoms with Crippen molar-refractivity contribution in [1.82, 2.24) is 0 Å². The average molecular weight is 500 g/mol. The molecule has 0 saturated heterocycles. The van der Waals surface area contributed by atoms with Crippen molar-refractivity contribution in [1.29, 1.82) is 10.5 Å². The smallest absolute Gasteiger partial charge is 0.152 e. The van der Waals surface area contributed by atoms with Gasteiger partial charge in [-0.25, -0.2) is 0 Å². The van der Waals surface area contributed by atoms with Crippen molar-refractivity contribution in [2.24, 2.45) is 0 Å². The molecule has 0 radical (unpaired) electrons. The lowest BCUT2D eigenvalue weighted by molar-refractivity contribution is 0.304. The van der Waals surface area contributed by atoms with Gasteiger partial charge in [0.25, 0.3) is 0 Å². The van der Waals surface area contributed by atoms with E-state index in [0.717, 1.165) is 27.5 Å². The molecule has 4 rings (SSSR count). The van der Waals surface area contributed by atoms with E-state index in [4.69, 9.17) is 16.3 Å². The Labute approximate surface area is 199 Å². The Balaban J connectivity index is 1.62. The highest BCUT2D eigenvalue weighted by Crippen LogP contribution is 2.36. The Bertz CT molecular complexity index is 1410. The van der Waals surface area contributed by atoms with E-state index < -0.39 is 0 Å². The number of ether oxygens (including phenoxy) is 1. The van der Waals surface area contributed by atoms with Gasteiger partial charge in [-0.15, -0.1) is 0 Å². The molecule has 32 heavy (non-hydrogen) atoms. The van der Waals surface area contributed by atoms with Crippen molar-refractivity contribution >= 4 is 50.0 Å². The first-order valence-corrected chi connectivity index (χ1v) is 11.0. The molecule has 0 spiro atoms. The van der Waals surface area contributed by atoms with E-state index >= 15 is 0 Å². The predicted molar refractivity (Wildman–Crippen MR) is 132 cm³/mol. The second-order valence-electron chi connectivity index (χ2n) is 7.10. The summed E-state index contributed by atoms with van der Waals surface area (Å²) in [7, 11) is 0. The Kier molecular flexibility index (Phi) is 6.57. The third-order valence-corrected chi connectivity index (χ3v) is 5.89. The molecular weight excluding hydrogens is 484 g/mol.